The Morgan fingerprint density at radius 2 is 1.56 bits per heavy atom. The minimum Gasteiger partial charge on any atom is -0.368 e. The molecule has 0 N–H and O–H groups in total. The van der Waals surface area contributed by atoms with Crippen LogP contribution in [0.15, 0.2) is 24.3 Å². The molecule has 6 rings (SSSR count). The van der Waals surface area contributed by atoms with E-state index in [2.05, 4.69) is 56.4 Å². The molecule has 0 radical (unpaired) electrons. The number of rotatable bonds is 6. The van der Waals surface area contributed by atoms with Crippen LogP contribution in [0.2, 0.25) is 5.02 Å². The first-order valence-corrected chi connectivity index (χ1v) is 18.8. The van der Waals surface area contributed by atoms with Gasteiger partial charge in [0.2, 0.25) is 11.8 Å². The molecule has 5 atom stereocenters. The number of hydrogen-bond acceptors (Lipinski definition) is 6. The van der Waals surface area contributed by atoms with E-state index in [0.717, 1.165) is 63.7 Å². The van der Waals surface area contributed by atoms with E-state index >= 15 is 4.79 Å². The number of halogens is 1. The molecule has 10 heteroatoms. The second-order valence-corrected chi connectivity index (χ2v) is 17.4. The van der Waals surface area contributed by atoms with Crippen molar-refractivity contribution in [3.8, 4) is 0 Å². The molecule has 1 aromatic rings. The van der Waals surface area contributed by atoms with Crippen LogP contribution in [0, 0.1) is 11.3 Å². The van der Waals surface area contributed by atoms with Crippen molar-refractivity contribution in [1.82, 2.24) is 24.5 Å². The van der Waals surface area contributed by atoms with Gasteiger partial charge in [0.25, 0.3) is 5.91 Å². The topological polar surface area (TPSA) is 76.6 Å². The molecule has 5 aliphatic rings. The zero-order valence-electron chi connectivity index (χ0n) is 30.1. The Morgan fingerprint density at radius 3 is 2.17 bits per heavy atom. The number of piperazine rings is 1. The summed E-state index contributed by atoms with van der Waals surface area (Å²) in [7, 11) is 2.08. The lowest BCUT2D eigenvalue weighted by atomic mass is 9.75. The lowest BCUT2D eigenvalue weighted by molar-refractivity contribution is -0.148. The summed E-state index contributed by atoms with van der Waals surface area (Å²) in [5.41, 5.74) is 1.24. The highest BCUT2D eigenvalue weighted by atomic mass is 35.5. The molecular weight excluding hydrogens is 626 g/mol. The smallest absolute Gasteiger partial charge is 0.252 e. The number of carbonyl (C=O) groups excluding carboxylic acids is 3. The summed E-state index contributed by atoms with van der Waals surface area (Å²) < 4.78 is 5.97. The molecule has 1 unspecified atom stereocenters. The third-order valence-electron chi connectivity index (χ3n) is 12.1. The fraction of sp³-hybridized carbons (Fsp3) is 0.763. The number of likely N-dealkylation sites (tertiary alicyclic amines) is 2. The highest BCUT2D eigenvalue weighted by Gasteiger charge is 2.51. The Bertz CT molecular complexity index is 1310. The molecular formula is C38H58ClN5O4. The molecule has 4 heterocycles. The largest absolute Gasteiger partial charge is 0.368 e. The Kier molecular flexibility index (Phi) is 10.5. The van der Waals surface area contributed by atoms with Crippen LogP contribution < -0.4 is 0 Å². The van der Waals surface area contributed by atoms with Crippen LogP contribution in [-0.2, 0) is 19.1 Å². The Labute approximate surface area is 293 Å². The minimum atomic E-state index is -0.583. The number of amides is 3. The molecule has 9 nitrogen and oxygen atoms in total. The maximum atomic E-state index is 15.0. The molecule has 266 valence electrons. The third-order valence-corrected chi connectivity index (χ3v) is 12.4. The molecule has 1 aliphatic carbocycles. The molecule has 48 heavy (non-hydrogen) atoms. The van der Waals surface area contributed by atoms with Crippen molar-refractivity contribution in [2.45, 2.75) is 115 Å². The van der Waals surface area contributed by atoms with Gasteiger partial charge in [-0.05, 0) is 95.9 Å². The van der Waals surface area contributed by atoms with Gasteiger partial charge in [-0.15, -0.1) is 0 Å². The maximum absolute atomic E-state index is 15.0. The molecule has 1 saturated carbocycles. The van der Waals surface area contributed by atoms with E-state index in [1.165, 1.54) is 0 Å². The summed E-state index contributed by atoms with van der Waals surface area (Å²) in [6, 6.07) is 7.21. The first-order valence-electron chi connectivity index (χ1n) is 18.4. The van der Waals surface area contributed by atoms with E-state index in [1.54, 1.807) is 0 Å². The van der Waals surface area contributed by atoms with Crippen molar-refractivity contribution in [3.05, 3.63) is 34.9 Å². The quantitative estimate of drug-likeness (QED) is 0.426. The molecule has 4 saturated heterocycles. The molecule has 3 amide bonds. The average molecular weight is 684 g/mol. The van der Waals surface area contributed by atoms with E-state index in [-0.39, 0.29) is 52.6 Å². The zero-order valence-corrected chi connectivity index (χ0v) is 30.9. The van der Waals surface area contributed by atoms with Gasteiger partial charge in [-0.2, -0.15) is 0 Å². The molecule has 0 aromatic heterocycles. The lowest BCUT2D eigenvalue weighted by Gasteiger charge is -2.43. The Balaban J connectivity index is 1.33. The van der Waals surface area contributed by atoms with E-state index < -0.39 is 12.1 Å². The van der Waals surface area contributed by atoms with Gasteiger partial charge in [0, 0.05) is 74.9 Å². The fourth-order valence-electron chi connectivity index (χ4n) is 8.85. The van der Waals surface area contributed by atoms with Gasteiger partial charge in [-0.1, -0.05) is 37.6 Å². The second-order valence-electron chi connectivity index (χ2n) is 17.0. The van der Waals surface area contributed by atoms with Crippen molar-refractivity contribution in [2.24, 2.45) is 11.3 Å². The van der Waals surface area contributed by atoms with E-state index in [9.17, 15) is 9.59 Å². The number of benzene rings is 1. The lowest BCUT2D eigenvalue weighted by Crippen LogP contribution is -2.54. The SMILES string of the molecule is CN1CCN(C(=O)[C@@H]2C[C@H](N(C(=O)C3CCCO3)C3CCC(C)(C)CC3)CN2C(=O)[C@@H]2CN(C(C)(C)C)C[C@H]2c2ccc(Cl)cc2)CC1. The molecule has 5 fully saturated rings. The van der Waals surface area contributed by atoms with Crippen molar-refractivity contribution >= 4 is 29.3 Å². The maximum Gasteiger partial charge on any atom is 0.252 e. The van der Waals surface area contributed by atoms with Gasteiger partial charge in [0.15, 0.2) is 0 Å². The highest BCUT2D eigenvalue weighted by Crippen LogP contribution is 2.42. The number of likely N-dealkylation sites (N-methyl/N-ethyl adjacent to an activating group) is 1. The fourth-order valence-corrected chi connectivity index (χ4v) is 8.98. The van der Waals surface area contributed by atoms with Gasteiger partial charge < -0.3 is 24.3 Å². The summed E-state index contributed by atoms with van der Waals surface area (Å²) in [4.78, 5) is 54.4. The van der Waals surface area contributed by atoms with Gasteiger partial charge in [0.1, 0.15) is 12.1 Å². The second kappa shape index (κ2) is 14.2. The van der Waals surface area contributed by atoms with E-state index in [1.807, 2.05) is 34.1 Å². The standard InChI is InChI=1S/C38H58ClN5O4/c1-37(2,3)42-24-30(26-9-11-27(39)12-10-26)31(25-42)34(45)43-23-29(22-32(43)35(46)41-19-17-40(6)18-20-41)44(36(47)33-8-7-21-48-33)28-13-15-38(4,5)16-14-28/h9-12,28-33H,7-8,13-25H2,1-6H3/t29-,30-,31+,32-,33?/m0/s1. The Morgan fingerprint density at radius 1 is 0.896 bits per heavy atom. The van der Waals surface area contributed by atoms with Crippen LogP contribution in [0.4, 0.5) is 0 Å². The van der Waals surface area contributed by atoms with Gasteiger partial charge in [-0.25, -0.2) is 0 Å². The van der Waals surface area contributed by atoms with E-state index in [4.69, 9.17) is 16.3 Å². The van der Waals surface area contributed by atoms with Crippen LogP contribution >= 0.6 is 11.6 Å². The predicted molar refractivity (Wildman–Crippen MR) is 189 cm³/mol. The van der Waals surface area contributed by atoms with Crippen molar-refractivity contribution in [1.29, 1.82) is 0 Å². The Hall–Kier alpha value is -2.20. The normalized spacial score (nSPS) is 30.6. The van der Waals surface area contributed by atoms with Crippen molar-refractivity contribution < 1.29 is 19.1 Å². The van der Waals surface area contributed by atoms with Crippen LogP contribution in [0.25, 0.3) is 0 Å². The van der Waals surface area contributed by atoms with Gasteiger partial charge >= 0.3 is 0 Å². The number of nitrogens with zero attached hydrogens (tertiary/aromatic N) is 5. The monoisotopic (exact) mass is 683 g/mol. The first-order chi connectivity index (χ1) is 22.7. The van der Waals surface area contributed by atoms with Crippen molar-refractivity contribution in [3.63, 3.8) is 0 Å². The molecule has 0 bridgehead atoms. The van der Waals surface area contributed by atoms with Crippen LogP contribution in [-0.4, -0.2) is 131 Å². The van der Waals surface area contributed by atoms with Gasteiger partial charge in [0.05, 0.1) is 12.0 Å². The third kappa shape index (κ3) is 7.59. The van der Waals surface area contributed by atoms with Gasteiger partial charge in [-0.3, -0.25) is 19.3 Å². The summed E-state index contributed by atoms with van der Waals surface area (Å²) in [5.74, 6) is -0.198. The summed E-state index contributed by atoms with van der Waals surface area (Å²) in [6.07, 6.45) is 5.67. The number of ether oxygens (including phenoxy) is 1. The highest BCUT2D eigenvalue weighted by molar-refractivity contribution is 6.30. The predicted octanol–water partition coefficient (Wildman–Crippen LogP) is 4.87. The average Bonchev–Trinajstić information content (AvgIpc) is 3.82. The number of carbonyl (C=O) groups is 3. The van der Waals surface area contributed by atoms with E-state index in [0.29, 0.717) is 44.2 Å². The summed E-state index contributed by atoms with van der Waals surface area (Å²) in [6.45, 7) is 16.6. The summed E-state index contributed by atoms with van der Waals surface area (Å²) in [5, 5.41) is 0.676. The first kappa shape index (κ1) is 35.6. The van der Waals surface area contributed by atoms with Crippen molar-refractivity contribution in [2.75, 3.05) is 59.5 Å². The minimum absolute atomic E-state index is 0.0161. The molecule has 4 aliphatic heterocycles. The van der Waals surface area contributed by atoms with Crippen LogP contribution in [0.3, 0.4) is 0 Å². The van der Waals surface area contributed by atoms with Crippen LogP contribution in [0.1, 0.15) is 91.0 Å². The number of hydrogen-bond donors (Lipinski definition) is 0. The zero-order chi connectivity index (χ0) is 34.4. The van der Waals surface area contributed by atoms with Crippen LogP contribution in [0.5, 0.6) is 0 Å². The summed E-state index contributed by atoms with van der Waals surface area (Å²) >= 11 is 6.28. The molecule has 0 spiro atoms. The molecule has 1 aromatic carbocycles.